The molecule has 3 heteroatoms. The van der Waals surface area contributed by atoms with Crippen molar-refractivity contribution in [2.24, 2.45) is 5.92 Å². The van der Waals surface area contributed by atoms with E-state index < -0.39 is 0 Å². The number of rotatable bonds is 6. The SMILES string of the molecule is CC(=O)c1ccccc1OC(=O)CCCC(C)C. The Morgan fingerprint density at radius 3 is 2.50 bits per heavy atom. The highest BCUT2D eigenvalue weighted by molar-refractivity contribution is 5.97. The number of carbonyl (C=O) groups is 2. The van der Waals surface area contributed by atoms with Crippen LogP contribution >= 0.6 is 0 Å². The van der Waals surface area contributed by atoms with E-state index in [1.54, 1.807) is 24.3 Å². The molecule has 0 aliphatic rings. The molecular weight excluding hydrogens is 228 g/mol. The van der Waals surface area contributed by atoms with Gasteiger partial charge in [0, 0.05) is 6.42 Å². The van der Waals surface area contributed by atoms with Crippen LogP contribution in [0, 0.1) is 5.92 Å². The zero-order valence-electron chi connectivity index (χ0n) is 11.2. The van der Waals surface area contributed by atoms with Crippen LogP contribution in [0.25, 0.3) is 0 Å². The van der Waals surface area contributed by atoms with Crippen molar-refractivity contribution in [3.05, 3.63) is 29.8 Å². The molecule has 0 atom stereocenters. The summed E-state index contributed by atoms with van der Waals surface area (Å²) in [6.07, 6.45) is 2.21. The van der Waals surface area contributed by atoms with Gasteiger partial charge in [0.2, 0.25) is 0 Å². The molecule has 0 heterocycles. The molecule has 0 aliphatic carbocycles. The summed E-state index contributed by atoms with van der Waals surface area (Å²) in [6, 6.07) is 6.83. The number of Topliss-reactive ketones (excluding diaryl/α,β-unsaturated/α-hetero) is 1. The van der Waals surface area contributed by atoms with Crippen molar-refractivity contribution in [2.75, 3.05) is 0 Å². The smallest absolute Gasteiger partial charge is 0.311 e. The van der Waals surface area contributed by atoms with Crippen LogP contribution in [0.2, 0.25) is 0 Å². The van der Waals surface area contributed by atoms with Gasteiger partial charge in [-0.2, -0.15) is 0 Å². The summed E-state index contributed by atoms with van der Waals surface area (Å²) in [5, 5.41) is 0. The maximum absolute atomic E-state index is 11.6. The molecule has 0 radical (unpaired) electrons. The summed E-state index contributed by atoms with van der Waals surface area (Å²) in [5.41, 5.74) is 0.453. The second kappa shape index (κ2) is 6.94. The maximum Gasteiger partial charge on any atom is 0.311 e. The highest BCUT2D eigenvalue weighted by Crippen LogP contribution is 2.19. The van der Waals surface area contributed by atoms with Gasteiger partial charge in [-0.1, -0.05) is 32.4 Å². The van der Waals surface area contributed by atoms with Crippen LogP contribution in [-0.2, 0) is 4.79 Å². The number of para-hydroxylation sites is 1. The zero-order chi connectivity index (χ0) is 13.5. The summed E-state index contributed by atoms with van der Waals surface area (Å²) in [6.45, 7) is 5.71. The zero-order valence-corrected chi connectivity index (χ0v) is 11.2. The fourth-order valence-corrected chi connectivity index (χ4v) is 1.67. The van der Waals surface area contributed by atoms with Crippen molar-refractivity contribution >= 4 is 11.8 Å². The van der Waals surface area contributed by atoms with Gasteiger partial charge in [0.1, 0.15) is 5.75 Å². The van der Waals surface area contributed by atoms with Crippen LogP contribution in [0.15, 0.2) is 24.3 Å². The third-order valence-electron chi connectivity index (χ3n) is 2.65. The van der Waals surface area contributed by atoms with E-state index in [4.69, 9.17) is 4.74 Å². The van der Waals surface area contributed by atoms with Gasteiger partial charge in [0.05, 0.1) is 5.56 Å². The number of ketones is 1. The van der Waals surface area contributed by atoms with Crippen molar-refractivity contribution < 1.29 is 14.3 Å². The molecule has 0 N–H and O–H groups in total. The van der Waals surface area contributed by atoms with E-state index >= 15 is 0 Å². The summed E-state index contributed by atoms with van der Waals surface area (Å²) >= 11 is 0. The molecule has 18 heavy (non-hydrogen) atoms. The van der Waals surface area contributed by atoms with Crippen molar-refractivity contribution in [1.29, 1.82) is 0 Å². The molecule has 0 saturated carbocycles. The number of hydrogen-bond donors (Lipinski definition) is 0. The summed E-state index contributed by atoms with van der Waals surface area (Å²) in [7, 11) is 0. The average Bonchev–Trinajstić information content (AvgIpc) is 2.28. The fourth-order valence-electron chi connectivity index (χ4n) is 1.67. The van der Waals surface area contributed by atoms with Crippen LogP contribution < -0.4 is 4.74 Å². The van der Waals surface area contributed by atoms with E-state index in [9.17, 15) is 9.59 Å². The second-order valence-electron chi connectivity index (χ2n) is 4.81. The number of ether oxygens (including phenoxy) is 1. The highest BCUT2D eigenvalue weighted by Gasteiger charge is 2.11. The maximum atomic E-state index is 11.6. The van der Waals surface area contributed by atoms with Crippen molar-refractivity contribution in [3.8, 4) is 5.75 Å². The molecule has 0 aromatic heterocycles. The minimum Gasteiger partial charge on any atom is -0.426 e. The average molecular weight is 248 g/mol. The summed E-state index contributed by atoms with van der Waals surface area (Å²) in [5.74, 6) is 0.576. The first kappa shape index (κ1) is 14.4. The van der Waals surface area contributed by atoms with E-state index in [2.05, 4.69) is 13.8 Å². The Hall–Kier alpha value is -1.64. The monoisotopic (exact) mass is 248 g/mol. The van der Waals surface area contributed by atoms with Gasteiger partial charge in [-0.25, -0.2) is 0 Å². The van der Waals surface area contributed by atoms with E-state index in [-0.39, 0.29) is 11.8 Å². The van der Waals surface area contributed by atoms with E-state index in [1.165, 1.54) is 6.92 Å². The molecular formula is C15H20O3. The van der Waals surface area contributed by atoms with Gasteiger partial charge in [0.25, 0.3) is 0 Å². The Bertz CT molecular complexity index is 422. The Labute approximate surface area is 108 Å². The van der Waals surface area contributed by atoms with Crippen LogP contribution in [0.1, 0.15) is 50.4 Å². The Balaban J connectivity index is 2.56. The van der Waals surface area contributed by atoms with E-state index in [0.717, 1.165) is 12.8 Å². The van der Waals surface area contributed by atoms with Gasteiger partial charge < -0.3 is 4.74 Å². The lowest BCUT2D eigenvalue weighted by molar-refractivity contribution is -0.134. The van der Waals surface area contributed by atoms with Crippen molar-refractivity contribution in [2.45, 2.75) is 40.0 Å². The van der Waals surface area contributed by atoms with Crippen LogP contribution in [0.3, 0.4) is 0 Å². The van der Waals surface area contributed by atoms with Gasteiger partial charge in [-0.15, -0.1) is 0 Å². The molecule has 98 valence electrons. The van der Waals surface area contributed by atoms with Crippen molar-refractivity contribution in [1.82, 2.24) is 0 Å². The third-order valence-corrected chi connectivity index (χ3v) is 2.65. The van der Waals surface area contributed by atoms with Gasteiger partial charge in [-0.05, 0) is 31.4 Å². The van der Waals surface area contributed by atoms with Gasteiger partial charge in [-0.3, -0.25) is 9.59 Å². The molecule has 0 unspecified atom stereocenters. The van der Waals surface area contributed by atoms with Crippen LogP contribution in [0.5, 0.6) is 5.75 Å². The Morgan fingerprint density at radius 1 is 1.22 bits per heavy atom. The molecule has 0 bridgehead atoms. The number of esters is 1. The van der Waals surface area contributed by atoms with E-state index in [0.29, 0.717) is 23.7 Å². The normalized spacial score (nSPS) is 10.4. The Morgan fingerprint density at radius 2 is 1.89 bits per heavy atom. The topological polar surface area (TPSA) is 43.4 Å². The summed E-state index contributed by atoms with van der Waals surface area (Å²) in [4.78, 5) is 23.0. The number of carbonyl (C=O) groups excluding carboxylic acids is 2. The first-order chi connectivity index (χ1) is 8.50. The predicted molar refractivity (Wildman–Crippen MR) is 70.8 cm³/mol. The Kier molecular flexibility index (Phi) is 5.56. The molecule has 0 spiro atoms. The lowest BCUT2D eigenvalue weighted by Crippen LogP contribution is -2.10. The van der Waals surface area contributed by atoms with Gasteiger partial charge in [0.15, 0.2) is 5.78 Å². The molecule has 1 aromatic rings. The molecule has 0 saturated heterocycles. The molecule has 0 aliphatic heterocycles. The third kappa shape index (κ3) is 4.70. The molecule has 3 nitrogen and oxygen atoms in total. The largest absolute Gasteiger partial charge is 0.426 e. The van der Waals surface area contributed by atoms with Gasteiger partial charge >= 0.3 is 5.97 Å². The highest BCUT2D eigenvalue weighted by atomic mass is 16.5. The number of benzene rings is 1. The molecule has 0 fully saturated rings. The first-order valence-corrected chi connectivity index (χ1v) is 6.31. The minimum absolute atomic E-state index is 0.0967. The van der Waals surface area contributed by atoms with Crippen LogP contribution in [-0.4, -0.2) is 11.8 Å². The lowest BCUT2D eigenvalue weighted by Gasteiger charge is -2.08. The van der Waals surface area contributed by atoms with E-state index in [1.807, 2.05) is 0 Å². The second-order valence-corrected chi connectivity index (χ2v) is 4.81. The standard InChI is InChI=1S/C15H20O3/c1-11(2)7-6-10-15(17)18-14-9-5-4-8-13(14)12(3)16/h4-5,8-9,11H,6-7,10H2,1-3H3. The fraction of sp³-hybridized carbons (Fsp3) is 0.467. The predicted octanol–water partition coefficient (Wildman–Crippen LogP) is 3.62. The first-order valence-electron chi connectivity index (χ1n) is 6.31. The molecule has 1 rings (SSSR count). The van der Waals surface area contributed by atoms with Crippen LogP contribution in [0.4, 0.5) is 0 Å². The molecule has 0 amide bonds. The lowest BCUT2D eigenvalue weighted by atomic mass is 10.1. The number of hydrogen-bond acceptors (Lipinski definition) is 3. The summed E-state index contributed by atoms with van der Waals surface area (Å²) < 4.78 is 5.23. The quantitative estimate of drug-likeness (QED) is 0.438. The minimum atomic E-state index is -0.274. The molecule has 1 aromatic carbocycles. The van der Waals surface area contributed by atoms with Crippen molar-refractivity contribution in [3.63, 3.8) is 0 Å².